The maximum Gasteiger partial charge on any atom is 0.139 e. The number of hydrogen-bond acceptors (Lipinski definition) is 3. The number of benzene rings is 1. The normalized spacial score (nSPS) is 31.6. The molecule has 0 heterocycles. The molecule has 154 valence electrons. The van der Waals surface area contributed by atoms with Crippen LogP contribution < -0.4 is 0 Å². The third kappa shape index (κ3) is 3.48. The molecule has 1 aromatic carbocycles. The molecule has 4 atom stereocenters. The number of Topliss-reactive ketones (excluding diaryl/α,β-unsaturated/α-hetero) is 1. The summed E-state index contributed by atoms with van der Waals surface area (Å²) in [5, 5.41) is 10.6. The predicted molar refractivity (Wildman–Crippen MR) is 114 cm³/mol. The molecule has 0 unspecified atom stereocenters. The van der Waals surface area contributed by atoms with Gasteiger partial charge in [-0.3, -0.25) is 9.69 Å². The number of phenols is 1. The van der Waals surface area contributed by atoms with E-state index in [-0.39, 0.29) is 5.41 Å². The van der Waals surface area contributed by atoms with Crippen molar-refractivity contribution in [2.75, 3.05) is 24.8 Å². The van der Waals surface area contributed by atoms with Gasteiger partial charge in [-0.2, -0.15) is 0 Å². The largest absolute Gasteiger partial charge is 0.508 e. The van der Waals surface area contributed by atoms with E-state index in [1.165, 1.54) is 11.1 Å². The number of rotatable bonds is 6. The van der Waals surface area contributed by atoms with E-state index < -0.39 is 0 Å². The van der Waals surface area contributed by atoms with Gasteiger partial charge in [-0.25, -0.2) is 0 Å². The lowest BCUT2D eigenvalue weighted by Crippen LogP contribution is -2.42. The van der Waals surface area contributed by atoms with E-state index in [1.807, 2.05) is 6.07 Å². The smallest absolute Gasteiger partial charge is 0.139 e. The molecule has 2 fully saturated rings. The Kier molecular flexibility index (Phi) is 5.98. The highest BCUT2D eigenvalue weighted by Crippen LogP contribution is 2.59. The summed E-state index contributed by atoms with van der Waals surface area (Å²) >= 11 is 11.9. The molecule has 4 rings (SSSR count). The molecule has 5 heteroatoms. The summed E-state index contributed by atoms with van der Waals surface area (Å²) in [4.78, 5) is 14.7. The van der Waals surface area contributed by atoms with Crippen LogP contribution in [0.25, 0.3) is 0 Å². The van der Waals surface area contributed by atoms with Crippen LogP contribution in [-0.2, 0) is 17.8 Å². The first kappa shape index (κ1) is 20.5. The maximum absolute atomic E-state index is 12.5. The Morgan fingerprint density at radius 2 is 1.89 bits per heavy atom. The number of aryl methyl sites for hydroxylation is 1. The van der Waals surface area contributed by atoms with Gasteiger partial charge >= 0.3 is 0 Å². The number of carbonyl (C=O) groups excluding carboxylic acids is 1. The number of hydrogen-bond donors (Lipinski definition) is 1. The third-order valence-corrected chi connectivity index (χ3v) is 8.17. The molecule has 0 amide bonds. The van der Waals surface area contributed by atoms with Crippen molar-refractivity contribution in [2.45, 2.75) is 57.9 Å². The summed E-state index contributed by atoms with van der Waals surface area (Å²) in [6.07, 6.45) is 6.10. The highest BCUT2D eigenvalue weighted by Gasteiger charge is 2.54. The SMILES string of the molecule is C[C@]12CC[C@@H]3c4cc(CN(CCCl)CCCl)c(O)cc4CC[C@H]3[C@@H]1CCC2=O. The van der Waals surface area contributed by atoms with E-state index in [0.717, 1.165) is 57.2 Å². The van der Waals surface area contributed by atoms with Crippen LogP contribution in [0.2, 0.25) is 0 Å². The molecule has 28 heavy (non-hydrogen) atoms. The quantitative estimate of drug-likeness (QED) is 0.647. The second kappa shape index (κ2) is 8.16. The zero-order valence-electron chi connectivity index (χ0n) is 16.7. The third-order valence-electron chi connectivity index (χ3n) is 7.83. The summed E-state index contributed by atoms with van der Waals surface area (Å²) in [6.45, 7) is 4.42. The van der Waals surface area contributed by atoms with Gasteiger partial charge in [0.25, 0.3) is 0 Å². The molecule has 1 aromatic rings. The van der Waals surface area contributed by atoms with Gasteiger partial charge in [0.1, 0.15) is 11.5 Å². The number of ketones is 1. The minimum atomic E-state index is -0.0874. The molecule has 0 aromatic heterocycles. The molecule has 3 aliphatic rings. The minimum Gasteiger partial charge on any atom is -0.508 e. The topological polar surface area (TPSA) is 40.5 Å². The number of carbonyl (C=O) groups is 1. The van der Waals surface area contributed by atoms with Crippen molar-refractivity contribution in [1.29, 1.82) is 0 Å². The van der Waals surface area contributed by atoms with Crippen LogP contribution in [-0.4, -0.2) is 40.6 Å². The van der Waals surface area contributed by atoms with Gasteiger partial charge in [0.05, 0.1) is 0 Å². The van der Waals surface area contributed by atoms with E-state index in [4.69, 9.17) is 23.2 Å². The highest BCUT2D eigenvalue weighted by atomic mass is 35.5. The van der Waals surface area contributed by atoms with E-state index >= 15 is 0 Å². The second-order valence-corrected chi connectivity index (χ2v) is 9.92. The second-order valence-electron chi connectivity index (χ2n) is 9.17. The van der Waals surface area contributed by atoms with Crippen molar-refractivity contribution in [2.24, 2.45) is 17.3 Å². The standard InChI is InChI=1S/C23H31Cl2NO2/c1-23-7-6-17-18(20(23)4-5-22(23)28)3-2-15-13-21(27)16(12-19(15)17)14-26(10-8-24)11-9-25/h12-13,17-18,20,27H,2-11,14H2,1H3/t17-,18+,20-,23-/m0/s1. The molecule has 3 aliphatic carbocycles. The number of aromatic hydroxyl groups is 1. The summed E-state index contributed by atoms with van der Waals surface area (Å²) < 4.78 is 0. The van der Waals surface area contributed by atoms with Crippen LogP contribution in [0.5, 0.6) is 5.75 Å². The van der Waals surface area contributed by atoms with Crippen LogP contribution in [0.3, 0.4) is 0 Å². The van der Waals surface area contributed by atoms with Gasteiger partial charge in [-0.1, -0.05) is 13.0 Å². The Bertz CT molecular complexity index is 746. The lowest BCUT2D eigenvalue weighted by atomic mass is 9.55. The Balaban J connectivity index is 1.62. The number of nitrogens with zero attached hydrogens (tertiary/aromatic N) is 1. The lowest BCUT2D eigenvalue weighted by Gasteiger charge is -2.48. The van der Waals surface area contributed by atoms with Crippen molar-refractivity contribution in [3.8, 4) is 5.75 Å². The zero-order valence-corrected chi connectivity index (χ0v) is 18.2. The van der Waals surface area contributed by atoms with Gasteiger partial charge < -0.3 is 5.11 Å². The van der Waals surface area contributed by atoms with Gasteiger partial charge in [0, 0.05) is 48.8 Å². The number of alkyl halides is 2. The first-order valence-corrected chi connectivity index (χ1v) is 11.8. The molecule has 0 spiro atoms. The van der Waals surface area contributed by atoms with Gasteiger partial charge in [0.2, 0.25) is 0 Å². The summed E-state index contributed by atoms with van der Waals surface area (Å²) in [6, 6.07) is 4.24. The first-order chi connectivity index (χ1) is 13.5. The molecular weight excluding hydrogens is 393 g/mol. The molecule has 3 nitrogen and oxygen atoms in total. The van der Waals surface area contributed by atoms with E-state index in [1.54, 1.807) is 0 Å². The average Bonchev–Trinajstić information content (AvgIpc) is 2.98. The fourth-order valence-electron chi connectivity index (χ4n) is 6.30. The van der Waals surface area contributed by atoms with Crippen LogP contribution in [0, 0.1) is 17.3 Å². The molecule has 0 bridgehead atoms. The van der Waals surface area contributed by atoms with Crippen LogP contribution in [0.1, 0.15) is 61.6 Å². The summed E-state index contributed by atoms with van der Waals surface area (Å²) in [7, 11) is 0. The Morgan fingerprint density at radius 1 is 1.14 bits per heavy atom. The fourth-order valence-corrected chi connectivity index (χ4v) is 6.78. The minimum absolute atomic E-state index is 0.0874. The van der Waals surface area contributed by atoms with Gasteiger partial charge in [0.15, 0.2) is 0 Å². The lowest BCUT2D eigenvalue weighted by molar-refractivity contribution is -0.129. The van der Waals surface area contributed by atoms with Crippen molar-refractivity contribution < 1.29 is 9.90 Å². The van der Waals surface area contributed by atoms with E-state index in [0.29, 0.717) is 47.6 Å². The Morgan fingerprint density at radius 3 is 2.61 bits per heavy atom. The van der Waals surface area contributed by atoms with E-state index in [9.17, 15) is 9.90 Å². The van der Waals surface area contributed by atoms with Crippen molar-refractivity contribution >= 4 is 29.0 Å². The highest BCUT2D eigenvalue weighted by molar-refractivity contribution is 6.18. The monoisotopic (exact) mass is 423 g/mol. The predicted octanol–water partition coefficient (Wildman–Crippen LogP) is 5.10. The number of phenolic OH excluding ortho intramolecular Hbond substituents is 1. The molecule has 2 saturated carbocycles. The van der Waals surface area contributed by atoms with Gasteiger partial charge in [-0.05, 0) is 67.1 Å². The fraction of sp³-hybridized carbons (Fsp3) is 0.696. The van der Waals surface area contributed by atoms with Crippen LogP contribution >= 0.6 is 23.2 Å². The van der Waals surface area contributed by atoms with Crippen molar-refractivity contribution in [1.82, 2.24) is 4.90 Å². The van der Waals surface area contributed by atoms with E-state index in [2.05, 4.69) is 17.9 Å². The number of halogens is 2. The average molecular weight is 424 g/mol. The molecule has 0 aliphatic heterocycles. The summed E-state index contributed by atoms with van der Waals surface area (Å²) in [5.74, 6) is 3.67. The van der Waals surface area contributed by atoms with Crippen molar-refractivity contribution in [3.05, 3.63) is 28.8 Å². The molecule has 0 radical (unpaired) electrons. The zero-order chi connectivity index (χ0) is 19.9. The molecule has 1 N–H and O–H groups in total. The number of fused-ring (bicyclic) bond motifs is 5. The first-order valence-electron chi connectivity index (χ1n) is 10.7. The summed E-state index contributed by atoms with van der Waals surface area (Å²) in [5.41, 5.74) is 3.61. The Labute approximate surface area is 178 Å². The molecular formula is C23H31Cl2NO2. The maximum atomic E-state index is 12.5. The van der Waals surface area contributed by atoms with Crippen LogP contribution in [0.15, 0.2) is 12.1 Å². The van der Waals surface area contributed by atoms with Crippen LogP contribution in [0.4, 0.5) is 0 Å². The molecule has 0 saturated heterocycles. The Hall–Kier alpha value is -0.770. The van der Waals surface area contributed by atoms with Gasteiger partial charge in [-0.15, -0.1) is 23.2 Å². The van der Waals surface area contributed by atoms with Crippen molar-refractivity contribution in [3.63, 3.8) is 0 Å².